The van der Waals surface area contributed by atoms with Crippen molar-refractivity contribution in [1.29, 1.82) is 5.26 Å². The van der Waals surface area contributed by atoms with Gasteiger partial charge in [-0.15, -0.1) is 0 Å². The molecule has 0 spiro atoms. The maximum absolute atomic E-state index is 9.50. The number of hydrogen-bond donors (Lipinski definition) is 2. The van der Waals surface area contributed by atoms with Gasteiger partial charge in [-0.2, -0.15) is 5.26 Å². The summed E-state index contributed by atoms with van der Waals surface area (Å²) >= 11 is 6.24. The van der Waals surface area contributed by atoms with Crippen molar-refractivity contribution >= 4 is 22.5 Å². The number of hydrogen-bond acceptors (Lipinski definition) is 3. The molecule has 0 bridgehead atoms. The number of aromatic nitrogens is 2. The second-order valence-corrected chi connectivity index (χ2v) is 9.09. The van der Waals surface area contributed by atoms with Gasteiger partial charge in [0.25, 0.3) is 0 Å². The van der Waals surface area contributed by atoms with Crippen LogP contribution in [0.15, 0.2) is 60.9 Å². The molecule has 1 fully saturated rings. The number of nitrogens with zero attached hydrogens (tertiary/aromatic N) is 2. The zero-order valence-corrected chi connectivity index (χ0v) is 18.8. The van der Waals surface area contributed by atoms with Gasteiger partial charge in [0.05, 0.1) is 11.6 Å². The van der Waals surface area contributed by atoms with E-state index in [-0.39, 0.29) is 0 Å². The van der Waals surface area contributed by atoms with Crippen molar-refractivity contribution in [3.05, 3.63) is 77.2 Å². The number of pyridine rings is 1. The third kappa shape index (κ3) is 3.90. The molecular formula is C27H25ClN4. The van der Waals surface area contributed by atoms with Crippen molar-refractivity contribution in [2.75, 3.05) is 13.1 Å². The Morgan fingerprint density at radius 3 is 2.75 bits per heavy atom. The first kappa shape index (κ1) is 20.8. The van der Waals surface area contributed by atoms with E-state index >= 15 is 0 Å². The van der Waals surface area contributed by atoms with Crippen LogP contribution in [0, 0.1) is 17.2 Å². The standard InChI is InChI=1S/C27H25ClN4/c1-17(20-5-3-9-30-14-20)27-26(24-10-18(13-29)7-8-25(24)32-27)22-11-21(15-31-16-22)19-4-2-6-23(28)12-19/h2,4,6-8,10-12,15-17,20,30,32H,3,5,9,14H2,1H3. The number of halogens is 1. The molecule has 5 rings (SSSR count). The maximum atomic E-state index is 9.50. The van der Waals surface area contributed by atoms with Gasteiger partial charge >= 0.3 is 0 Å². The number of aromatic amines is 1. The Labute approximate surface area is 193 Å². The molecule has 3 heterocycles. The molecule has 1 saturated heterocycles. The van der Waals surface area contributed by atoms with Crippen LogP contribution in [0.3, 0.4) is 0 Å². The highest BCUT2D eigenvalue weighted by Gasteiger charge is 2.26. The number of H-pyrrole nitrogens is 1. The van der Waals surface area contributed by atoms with Gasteiger partial charge in [-0.25, -0.2) is 0 Å². The van der Waals surface area contributed by atoms with Crippen LogP contribution in [0.2, 0.25) is 5.02 Å². The lowest BCUT2D eigenvalue weighted by molar-refractivity contribution is 0.332. The molecule has 2 aromatic heterocycles. The fourth-order valence-corrected chi connectivity index (χ4v) is 5.07. The minimum atomic E-state index is 0.352. The molecule has 2 aromatic carbocycles. The molecule has 2 unspecified atom stereocenters. The van der Waals surface area contributed by atoms with Crippen molar-refractivity contribution in [2.45, 2.75) is 25.7 Å². The molecule has 160 valence electrons. The largest absolute Gasteiger partial charge is 0.358 e. The molecule has 0 aliphatic carbocycles. The monoisotopic (exact) mass is 440 g/mol. The normalized spacial score (nSPS) is 17.2. The van der Waals surface area contributed by atoms with Gasteiger partial charge in [0.2, 0.25) is 0 Å². The van der Waals surface area contributed by atoms with E-state index in [0.29, 0.717) is 22.4 Å². The highest BCUT2D eigenvalue weighted by atomic mass is 35.5. The van der Waals surface area contributed by atoms with E-state index in [1.807, 2.05) is 54.9 Å². The summed E-state index contributed by atoms with van der Waals surface area (Å²) in [6.07, 6.45) is 6.21. The third-order valence-corrected chi connectivity index (χ3v) is 6.87. The zero-order chi connectivity index (χ0) is 22.1. The van der Waals surface area contributed by atoms with Gasteiger partial charge in [-0.1, -0.05) is 30.7 Å². The Hall–Kier alpha value is -3.13. The van der Waals surface area contributed by atoms with Crippen LogP contribution in [0.5, 0.6) is 0 Å². The first-order chi connectivity index (χ1) is 15.6. The third-order valence-electron chi connectivity index (χ3n) is 6.64. The first-order valence-corrected chi connectivity index (χ1v) is 11.5. The molecule has 1 aliphatic rings. The van der Waals surface area contributed by atoms with E-state index in [1.54, 1.807) is 0 Å². The Kier molecular flexibility index (Phi) is 5.70. The summed E-state index contributed by atoms with van der Waals surface area (Å²) in [5.41, 5.74) is 7.19. The van der Waals surface area contributed by atoms with Crippen molar-refractivity contribution < 1.29 is 0 Å². The lowest BCUT2D eigenvalue weighted by Crippen LogP contribution is -2.32. The molecule has 4 aromatic rings. The lowest BCUT2D eigenvalue weighted by atomic mass is 9.83. The fourth-order valence-electron chi connectivity index (χ4n) is 4.88. The zero-order valence-electron chi connectivity index (χ0n) is 18.0. The van der Waals surface area contributed by atoms with Crippen LogP contribution < -0.4 is 5.32 Å². The minimum Gasteiger partial charge on any atom is -0.358 e. The lowest BCUT2D eigenvalue weighted by Gasteiger charge is -2.28. The van der Waals surface area contributed by atoms with Crippen LogP contribution in [-0.2, 0) is 0 Å². The van der Waals surface area contributed by atoms with Gasteiger partial charge in [0, 0.05) is 56.6 Å². The van der Waals surface area contributed by atoms with Crippen LogP contribution >= 0.6 is 11.6 Å². The molecule has 32 heavy (non-hydrogen) atoms. The second kappa shape index (κ2) is 8.78. The Morgan fingerprint density at radius 2 is 1.97 bits per heavy atom. The number of nitriles is 1. The predicted octanol–water partition coefficient (Wildman–Crippen LogP) is 6.53. The van der Waals surface area contributed by atoms with E-state index in [2.05, 4.69) is 34.3 Å². The van der Waals surface area contributed by atoms with Crippen molar-refractivity contribution in [3.63, 3.8) is 0 Å². The Balaban J connectivity index is 1.68. The van der Waals surface area contributed by atoms with E-state index in [1.165, 1.54) is 18.5 Å². The maximum Gasteiger partial charge on any atom is 0.0991 e. The van der Waals surface area contributed by atoms with Crippen LogP contribution in [0.25, 0.3) is 33.2 Å². The molecule has 2 N–H and O–H groups in total. The van der Waals surface area contributed by atoms with Gasteiger partial charge in [0.15, 0.2) is 0 Å². The topological polar surface area (TPSA) is 64.5 Å². The molecule has 0 radical (unpaired) electrons. The second-order valence-electron chi connectivity index (χ2n) is 8.65. The fraction of sp³-hybridized carbons (Fsp3) is 0.259. The SMILES string of the molecule is CC(c1[nH]c2ccc(C#N)cc2c1-c1cncc(-c2cccc(Cl)c2)c1)C1CCCNC1. The predicted molar refractivity (Wildman–Crippen MR) is 131 cm³/mol. The molecular weight excluding hydrogens is 416 g/mol. The average molecular weight is 441 g/mol. The number of rotatable bonds is 4. The molecule has 5 heteroatoms. The average Bonchev–Trinajstić information content (AvgIpc) is 3.23. The summed E-state index contributed by atoms with van der Waals surface area (Å²) < 4.78 is 0. The summed E-state index contributed by atoms with van der Waals surface area (Å²) in [4.78, 5) is 8.27. The molecule has 2 atom stereocenters. The quantitative estimate of drug-likeness (QED) is 0.379. The molecule has 0 saturated carbocycles. The van der Waals surface area contributed by atoms with Crippen LogP contribution in [0.4, 0.5) is 0 Å². The Bertz CT molecular complexity index is 1310. The van der Waals surface area contributed by atoms with Gasteiger partial charge < -0.3 is 10.3 Å². The van der Waals surface area contributed by atoms with Gasteiger partial charge in [0.1, 0.15) is 0 Å². The van der Waals surface area contributed by atoms with Crippen molar-refractivity contribution in [3.8, 4) is 28.3 Å². The van der Waals surface area contributed by atoms with Crippen LogP contribution in [-0.4, -0.2) is 23.1 Å². The number of piperidine rings is 1. The minimum absolute atomic E-state index is 0.352. The summed E-state index contributed by atoms with van der Waals surface area (Å²) in [5, 5.41) is 14.8. The molecule has 0 amide bonds. The van der Waals surface area contributed by atoms with Gasteiger partial charge in [-0.05, 0) is 73.8 Å². The highest BCUT2D eigenvalue weighted by molar-refractivity contribution is 6.30. The number of fused-ring (bicyclic) bond motifs is 1. The van der Waals surface area contributed by atoms with E-state index < -0.39 is 0 Å². The van der Waals surface area contributed by atoms with E-state index in [0.717, 1.165) is 46.2 Å². The van der Waals surface area contributed by atoms with Crippen molar-refractivity contribution in [2.24, 2.45) is 5.92 Å². The summed E-state index contributed by atoms with van der Waals surface area (Å²) in [5.74, 6) is 0.917. The smallest absolute Gasteiger partial charge is 0.0991 e. The van der Waals surface area contributed by atoms with Gasteiger partial charge in [-0.3, -0.25) is 4.98 Å². The summed E-state index contributed by atoms with van der Waals surface area (Å²) in [7, 11) is 0. The number of nitrogens with one attached hydrogen (secondary N) is 2. The summed E-state index contributed by atoms with van der Waals surface area (Å²) in [6.45, 7) is 4.44. The number of benzene rings is 2. The first-order valence-electron chi connectivity index (χ1n) is 11.1. The van der Waals surface area contributed by atoms with E-state index in [9.17, 15) is 5.26 Å². The molecule has 1 aliphatic heterocycles. The molecule has 4 nitrogen and oxygen atoms in total. The van der Waals surface area contributed by atoms with Crippen molar-refractivity contribution in [1.82, 2.24) is 15.3 Å². The van der Waals surface area contributed by atoms with Crippen LogP contribution in [0.1, 0.15) is 36.9 Å². The van der Waals surface area contributed by atoms with E-state index in [4.69, 9.17) is 11.6 Å². The highest BCUT2D eigenvalue weighted by Crippen LogP contribution is 2.41. The Morgan fingerprint density at radius 1 is 1.09 bits per heavy atom. The summed E-state index contributed by atoms with van der Waals surface area (Å²) in [6, 6.07) is 18.2.